The van der Waals surface area contributed by atoms with Crippen LogP contribution in [0.5, 0.6) is 5.75 Å². The van der Waals surface area contributed by atoms with Crippen molar-refractivity contribution in [2.75, 3.05) is 24.3 Å². The topological polar surface area (TPSA) is 59.1 Å². The van der Waals surface area contributed by atoms with Crippen LogP contribution in [-0.4, -0.2) is 23.6 Å². The predicted molar refractivity (Wildman–Crippen MR) is 101 cm³/mol. The molecule has 0 aliphatic rings. The first-order valence-corrected chi connectivity index (χ1v) is 8.47. The van der Waals surface area contributed by atoms with E-state index in [1.54, 1.807) is 13.2 Å². The number of aromatic nitrogens is 2. The van der Waals surface area contributed by atoms with E-state index >= 15 is 0 Å². The minimum atomic E-state index is 0.628. The summed E-state index contributed by atoms with van der Waals surface area (Å²) in [5, 5.41) is 7.25. The van der Waals surface area contributed by atoms with Crippen molar-refractivity contribution in [2.45, 2.75) is 34.1 Å². The fraction of sp³-hybridized carbons (Fsp3) is 0.444. The second-order valence-corrected chi connectivity index (χ2v) is 6.66. The normalized spacial score (nSPS) is 10.8. The molecule has 24 heavy (non-hydrogen) atoms. The number of ether oxygens (including phenoxy) is 1. The van der Waals surface area contributed by atoms with E-state index in [9.17, 15) is 0 Å². The van der Waals surface area contributed by atoms with Crippen LogP contribution in [0, 0.1) is 19.8 Å². The van der Waals surface area contributed by atoms with Crippen molar-refractivity contribution in [2.24, 2.45) is 5.92 Å². The number of anilines is 3. The van der Waals surface area contributed by atoms with E-state index in [0.717, 1.165) is 35.7 Å². The quantitative estimate of drug-likeness (QED) is 0.740. The largest absolute Gasteiger partial charge is 0.495 e. The summed E-state index contributed by atoms with van der Waals surface area (Å²) < 4.78 is 5.40. The van der Waals surface area contributed by atoms with Gasteiger partial charge in [-0.3, -0.25) is 0 Å². The highest BCUT2D eigenvalue weighted by molar-refractivity contribution is 6.31. The highest BCUT2D eigenvalue weighted by Gasteiger charge is 2.09. The van der Waals surface area contributed by atoms with Gasteiger partial charge in [-0.2, -0.15) is 4.98 Å². The molecule has 2 rings (SSSR count). The Morgan fingerprint density at radius 1 is 1.17 bits per heavy atom. The maximum Gasteiger partial charge on any atom is 0.224 e. The molecule has 2 aromatic rings. The van der Waals surface area contributed by atoms with Crippen molar-refractivity contribution < 1.29 is 4.74 Å². The Hall–Kier alpha value is -2.01. The third kappa shape index (κ3) is 4.99. The minimum Gasteiger partial charge on any atom is -0.495 e. The number of nitrogens with zero attached hydrogens (tertiary/aromatic N) is 2. The number of rotatable bonds is 7. The van der Waals surface area contributed by atoms with E-state index in [1.165, 1.54) is 0 Å². The molecular formula is C18H25ClN4O. The molecule has 0 spiro atoms. The number of hydrogen-bond donors (Lipinski definition) is 2. The molecule has 0 saturated carbocycles. The van der Waals surface area contributed by atoms with Crippen LogP contribution in [0.25, 0.3) is 0 Å². The van der Waals surface area contributed by atoms with Crippen molar-refractivity contribution in [1.82, 2.24) is 9.97 Å². The Balaban J connectivity index is 2.20. The van der Waals surface area contributed by atoms with Crippen LogP contribution in [-0.2, 0) is 0 Å². The van der Waals surface area contributed by atoms with Gasteiger partial charge in [-0.25, -0.2) is 4.98 Å². The Kier molecular flexibility index (Phi) is 6.26. The lowest BCUT2D eigenvalue weighted by molar-refractivity contribution is 0.416. The summed E-state index contributed by atoms with van der Waals surface area (Å²) in [6.07, 6.45) is 1.07. The van der Waals surface area contributed by atoms with E-state index < -0.39 is 0 Å². The second kappa shape index (κ2) is 8.20. The zero-order valence-electron chi connectivity index (χ0n) is 14.9. The molecule has 0 aliphatic heterocycles. The Labute approximate surface area is 148 Å². The summed E-state index contributed by atoms with van der Waals surface area (Å²) in [5.74, 6) is 2.66. The molecule has 1 aromatic heterocycles. The van der Waals surface area contributed by atoms with Crippen molar-refractivity contribution in [3.8, 4) is 5.75 Å². The highest BCUT2D eigenvalue weighted by Crippen LogP contribution is 2.32. The predicted octanol–water partition coefficient (Wildman–Crippen LogP) is 4.96. The molecule has 0 saturated heterocycles. The first-order valence-electron chi connectivity index (χ1n) is 8.09. The van der Waals surface area contributed by atoms with Crippen molar-refractivity contribution in [1.29, 1.82) is 0 Å². The Morgan fingerprint density at radius 3 is 2.58 bits per heavy atom. The molecule has 0 bridgehead atoms. The number of hydrogen-bond acceptors (Lipinski definition) is 5. The number of nitrogens with one attached hydrogen (secondary N) is 2. The van der Waals surface area contributed by atoms with Crippen LogP contribution >= 0.6 is 11.6 Å². The first kappa shape index (κ1) is 18.3. The van der Waals surface area contributed by atoms with Gasteiger partial charge in [0.2, 0.25) is 5.95 Å². The third-order valence-corrected chi connectivity index (χ3v) is 4.01. The molecular weight excluding hydrogens is 324 g/mol. The second-order valence-electron chi connectivity index (χ2n) is 6.25. The van der Waals surface area contributed by atoms with E-state index in [-0.39, 0.29) is 0 Å². The van der Waals surface area contributed by atoms with Gasteiger partial charge >= 0.3 is 0 Å². The lowest BCUT2D eigenvalue weighted by Gasteiger charge is -2.14. The molecule has 5 nitrogen and oxygen atoms in total. The number of halogens is 1. The standard InChI is InChI=1S/C18H25ClN4O/c1-11(2)6-7-20-18-21-13(4)9-17(23-18)22-15-8-12(3)14(19)10-16(15)24-5/h8-11H,6-7H2,1-5H3,(H2,20,21,22,23). The molecule has 0 atom stereocenters. The van der Waals surface area contributed by atoms with Gasteiger partial charge < -0.3 is 15.4 Å². The van der Waals surface area contributed by atoms with Crippen molar-refractivity contribution in [3.63, 3.8) is 0 Å². The fourth-order valence-electron chi connectivity index (χ4n) is 2.25. The molecule has 0 amide bonds. The maximum absolute atomic E-state index is 6.16. The fourth-order valence-corrected chi connectivity index (χ4v) is 2.41. The Morgan fingerprint density at radius 2 is 1.92 bits per heavy atom. The number of aryl methyl sites for hydroxylation is 2. The van der Waals surface area contributed by atoms with E-state index in [1.807, 2.05) is 26.0 Å². The zero-order chi connectivity index (χ0) is 17.7. The van der Waals surface area contributed by atoms with Gasteiger partial charge in [-0.15, -0.1) is 0 Å². The molecule has 1 aromatic carbocycles. The average molecular weight is 349 g/mol. The summed E-state index contributed by atoms with van der Waals surface area (Å²) in [4.78, 5) is 8.96. The van der Waals surface area contributed by atoms with Gasteiger partial charge in [0, 0.05) is 29.4 Å². The lowest BCUT2D eigenvalue weighted by Crippen LogP contribution is -2.09. The number of benzene rings is 1. The maximum atomic E-state index is 6.16. The van der Waals surface area contributed by atoms with Crippen LogP contribution in [0.15, 0.2) is 18.2 Å². The summed E-state index contributed by atoms with van der Waals surface area (Å²) in [5.41, 5.74) is 2.69. The van der Waals surface area contributed by atoms with E-state index in [0.29, 0.717) is 22.6 Å². The summed E-state index contributed by atoms with van der Waals surface area (Å²) in [7, 11) is 1.62. The van der Waals surface area contributed by atoms with Gasteiger partial charge in [-0.1, -0.05) is 25.4 Å². The van der Waals surface area contributed by atoms with Crippen LogP contribution in [0.1, 0.15) is 31.5 Å². The zero-order valence-corrected chi connectivity index (χ0v) is 15.7. The monoisotopic (exact) mass is 348 g/mol. The molecule has 2 N–H and O–H groups in total. The molecule has 0 fully saturated rings. The molecule has 0 aliphatic carbocycles. The smallest absolute Gasteiger partial charge is 0.224 e. The molecule has 130 valence electrons. The summed E-state index contributed by atoms with van der Waals surface area (Å²) in [6, 6.07) is 5.65. The SMILES string of the molecule is COc1cc(Cl)c(C)cc1Nc1cc(C)nc(NCCC(C)C)n1. The van der Waals surface area contributed by atoms with E-state index in [4.69, 9.17) is 16.3 Å². The minimum absolute atomic E-state index is 0.628. The summed E-state index contributed by atoms with van der Waals surface area (Å²) in [6.45, 7) is 9.15. The molecule has 0 unspecified atom stereocenters. The molecule has 6 heteroatoms. The van der Waals surface area contributed by atoms with Gasteiger partial charge in [0.15, 0.2) is 0 Å². The third-order valence-electron chi connectivity index (χ3n) is 3.60. The molecule has 1 heterocycles. The van der Waals surface area contributed by atoms with E-state index in [2.05, 4.69) is 34.4 Å². The molecule has 0 radical (unpaired) electrons. The first-order chi connectivity index (χ1) is 11.4. The lowest BCUT2D eigenvalue weighted by atomic mass is 10.1. The van der Waals surface area contributed by atoms with Crippen LogP contribution < -0.4 is 15.4 Å². The highest BCUT2D eigenvalue weighted by atomic mass is 35.5. The van der Waals surface area contributed by atoms with Crippen molar-refractivity contribution in [3.05, 3.63) is 34.5 Å². The van der Waals surface area contributed by atoms with Gasteiger partial charge in [-0.05, 0) is 37.8 Å². The number of methoxy groups -OCH3 is 1. The summed E-state index contributed by atoms with van der Waals surface area (Å²) >= 11 is 6.16. The van der Waals surface area contributed by atoms with Crippen LogP contribution in [0.3, 0.4) is 0 Å². The Bertz CT molecular complexity index is 704. The van der Waals surface area contributed by atoms with Crippen LogP contribution in [0.2, 0.25) is 5.02 Å². The van der Waals surface area contributed by atoms with Gasteiger partial charge in [0.05, 0.1) is 12.8 Å². The van der Waals surface area contributed by atoms with Gasteiger partial charge in [0.1, 0.15) is 11.6 Å². The average Bonchev–Trinajstić information content (AvgIpc) is 2.49. The van der Waals surface area contributed by atoms with Gasteiger partial charge in [0.25, 0.3) is 0 Å². The van der Waals surface area contributed by atoms with Crippen LogP contribution in [0.4, 0.5) is 17.5 Å². The van der Waals surface area contributed by atoms with Crippen molar-refractivity contribution >= 4 is 29.1 Å².